The van der Waals surface area contributed by atoms with Crippen LogP contribution in [0.2, 0.25) is 0 Å². The Labute approximate surface area is 126 Å². The van der Waals surface area contributed by atoms with Crippen LogP contribution in [0.25, 0.3) is 10.8 Å². The lowest BCUT2D eigenvalue weighted by Crippen LogP contribution is -2.30. The molecule has 1 unspecified atom stereocenters. The van der Waals surface area contributed by atoms with Crippen molar-refractivity contribution in [1.29, 1.82) is 0 Å². The van der Waals surface area contributed by atoms with E-state index in [1.54, 1.807) is 6.07 Å². The molecule has 1 aliphatic rings. The lowest BCUT2D eigenvalue weighted by molar-refractivity contribution is 0.0411. The van der Waals surface area contributed by atoms with Gasteiger partial charge in [-0.3, -0.25) is 0 Å². The summed E-state index contributed by atoms with van der Waals surface area (Å²) in [5, 5.41) is 12.5. The SMILES string of the molecule is CN(Cc1c(O)ccc2ccccc12)CC1CCCOC1. The number of phenolic OH excluding ortho intramolecular Hbond substituents is 1. The second kappa shape index (κ2) is 6.46. The molecule has 0 aliphatic carbocycles. The third-order valence-corrected chi connectivity index (χ3v) is 4.27. The summed E-state index contributed by atoms with van der Waals surface area (Å²) in [7, 11) is 2.12. The molecule has 112 valence electrons. The zero-order chi connectivity index (χ0) is 14.7. The zero-order valence-corrected chi connectivity index (χ0v) is 12.6. The van der Waals surface area contributed by atoms with Crippen molar-refractivity contribution in [2.24, 2.45) is 5.92 Å². The van der Waals surface area contributed by atoms with Crippen molar-refractivity contribution in [2.75, 3.05) is 26.8 Å². The van der Waals surface area contributed by atoms with Crippen LogP contribution in [0.15, 0.2) is 36.4 Å². The molecular weight excluding hydrogens is 262 g/mol. The molecule has 0 bridgehead atoms. The maximum atomic E-state index is 10.2. The Balaban J connectivity index is 1.75. The van der Waals surface area contributed by atoms with Crippen LogP contribution in [0.3, 0.4) is 0 Å². The van der Waals surface area contributed by atoms with E-state index in [9.17, 15) is 5.11 Å². The molecule has 1 N–H and O–H groups in total. The van der Waals surface area contributed by atoms with Crippen LogP contribution in [-0.4, -0.2) is 36.8 Å². The van der Waals surface area contributed by atoms with E-state index in [0.717, 1.165) is 43.7 Å². The molecule has 3 nitrogen and oxygen atoms in total. The summed E-state index contributed by atoms with van der Waals surface area (Å²) in [6.07, 6.45) is 2.41. The largest absolute Gasteiger partial charge is 0.508 e. The molecule has 0 amide bonds. The van der Waals surface area contributed by atoms with Gasteiger partial charge in [-0.25, -0.2) is 0 Å². The Hall–Kier alpha value is -1.58. The van der Waals surface area contributed by atoms with E-state index < -0.39 is 0 Å². The predicted molar refractivity (Wildman–Crippen MR) is 85.5 cm³/mol. The van der Waals surface area contributed by atoms with E-state index in [0.29, 0.717) is 11.7 Å². The zero-order valence-electron chi connectivity index (χ0n) is 12.6. The van der Waals surface area contributed by atoms with Gasteiger partial charge >= 0.3 is 0 Å². The van der Waals surface area contributed by atoms with Gasteiger partial charge in [0.2, 0.25) is 0 Å². The smallest absolute Gasteiger partial charge is 0.120 e. The Bertz CT molecular complexity index is 605. The molecule has 0 spiro atoms. The minimum Gasteiger partial charge on any atom is -0.508 e. The Morgan fingerprint density at radius 2 is 2.10 bits per heavy atom. The summed E-state index contributed by atoms with van der Waals surface area (Å²) in [6, 6.07) is 12.0. The van der Waals surface area contributed by atoms with Crippen molar-refractivity contribution in [1.82, 2.24) is 4.90 Å². The molecule has 2 aromatic rings. The monoisotopic (exact) mass is 285 g/mol. The lowest BCUT2D eigenvalue weighted by Gasteiger charge is -2.27. The molecule has 0 radical (unpaired) electrons. The van der Waals surface area contributed by atoms with Gasteiger partial charge in [-0.15, -0.1) is 0 Å². The normalized spacial score (nSPS) is 19.2. The number of fused-ring (bicyclic) bond motifs is 1. The highest BCUT2D eigenvalue weighted by Crippen LogP contribution is 2.28. The van der Waals surface area contributed by atoms with Gasteiger partial charge in [0.25, 0.3) is 0 Å². The fourth-order valence-corrected chi connectivity index (χ4v) is 3.22. The molecule has 1 heterocycles. The number of benzene rings is 2. The van der Waals surface area contributed by atoms with Gasteiger partial charge in [0.15, 0.2) is 0 Å². The first-order valence-electron chi connectivity index (χ1n) is 7.70. The third kappa shape index (κ3) is 3.36. The van der Waals surface area contributed by atoms with E-state index in [1.807, 2.05) is 18.2 Å². The molecule has 21 heavy (non-hydrogen) atoms. The lowest BCUT2D eigenvalue weighted by atomic mass is 10.0. The van der Waals surface area contributed by atoms with Gasteiger partial charge in [0.05, 0.1) is 6.61 Å². The predicted octanol–water partition coefficient (Wildman–Crippen LogP) is 3.40. The van der Waals surface area contributed by atoms with Gasteiger partial charge in [-0.1, -0.05) is 30.3 Å². The summed E-state index contributed by atoms with van der Waals surface area (Å²) in [5.74, 6) is 1.00. The van der Waals surface area contributed by atoms with Crippen LogP contribution in [0, 0.1) is 5.92 Å². The highest BCUT2D eigenvalue weighted by Gasteiger charge is 2.17. The van der Waals surface area contributed by atoms with E-state index in [2.05, 4.69) is 24.1 Å². The summed E-state index contributed by atoms with van der Waals surface area (Å²) >= 11 is 0. The first-order chi connectivity index (χ1) is 10.2. The number of hydrogen-bond donors (Lipinski definition) is 1. The Morgan fingerprint density at radius 1 is 1.24 bits per heavy atom. The van der Waals surface area contributed by atoms with Crippen molar-refractivity contribution in [3.8, 4) is 5.75 Å². The fraction of sp³-hybridized carbons (Fsp3) is 0.444. The highest BCUT2D eigenvalue weighted by atomic mass is 16.5. The van der Waals surface area contributed by atoms with Crippen LogP contribution < -0.4 is 0 Å². The second-order valence-electron chi connectivity index (χ2n) is 6.06. The molecule has 3 rings (SSSR count). The van der Waals surface area contributed by atoms with E-state index in [-0.39, 0.29) is 0 Å². The first-order valence-corrected chi connectivity index (χ1v) is 7.70. The minimum atomic E-state index is 0.389. The minimum absolute atomic E-state index is 0.389. The van der Waals surface area contributed by atoms with E-state index in [1.165, 1.54) is 11.8 Å². The van der Waals surface area contributed by atoms with Crippen LogP contribution in [0.4, 0.5) is 0 Å². The van der Waals surface area contributed by atoms with Crippen molar-refractivity contribution in [2.45, 2.75) is 19.4 Å². The Morgan fingerprint density at radius 3 is 2.90 bits per heavy atom. The molecule has 2 aromatic carbocycles. The van der Waals surface area contributed by atoms with Crippen molar-refractivity contribution >= 4 is 10.8 Å². The molecule has 1 fully saturated rings. The van der Waals surface area contributed by atoms with Crippen molar-refractivity contribution < 1.29 is 9.84 Å². The number of nitrogens with zero attached hydrogens (tertiary/aromatic N) is 1. The number of phenols is 1. The molecule has 0 saturated carbocycles. The second-order valence-corrected chi connectivity index (χ2v) is 6.06. The maximum absolute atomic E-state index is 10.2. The van der Waals surface area contributed by atoms with Gasteiger partial charge in [0.1, 0.15) is 5.75 Å². The van der Waals surface area contributed by atoms with Crippen molar-refractivity contribution in [3.63, 3.8) is 0 Å². The van der Waals surface area contributed by atoms with Crippen molar-refractivity contribution in [3.05, 3.63) is 42.0 Å². The summed E-state index contributed by atoms with van der Waals surface area (Å²) in [4.78, 5) is 2.29. The highest BCUT2D eigenvalue weighted by molar-refractivity contribution is 5.87. The molecule has 3 heteroatoms. The molecule has 1 atom stereocenters. The maximum Gasteiger partial charge on any atom is 0.120 e. The third-order valence-electron chi connectivity index (χ3n) is 4.27. The first kappa shape index (κ1) is 14.4. The van der Waals surface area contributed by atoms with Gasteiger partial charge in [0, 0.05) is 25.3 Å². The van der Waals surface area contributed by atoms with Gasteiger partial charge in [-0.05, 0) is 42.6 Å². The average molecular weight is 285 g/mol. The van der Waals surface area contributed by atoms with E-state index in [4.69, 9.17) is 4.74 Å². The molecule has 1 saturated heterocycles. The molecular formula is C18H23NO2. The summed E-state index contributed by atoms with van der Waals surface area (Å²) < 4.78 is 5.55. The number of hydrogen-bond acceptors (Lipinski definition) is 3. The summed E-state index contributed by atoms with van der Waals surface area (Å²) in [5.41, 5.74) is 1.02. The van der Waals surface area contributed by atoms with Crippen LogP contribution in [0.5, 0.6) is 5.75 Å². The number of aromatic hydroxyl groups is 1. The summed E-state index contributed by atoms with van der Waals surface area (Å²) in [6.45, 7) is 3.56. The van der Waals surface area contributed by atoms with Gasteiger partial charge in [-0.2, -0.15) is 0 Å². The quantitative estimate of drug-likeness (QED) is 0.934. The number of rotatable bonds is 4. The van der Waals surface area contributed by atoms with Crippen LogP contribution in [-0.2, 0) is 11.3 Å². The molecule has 1 aliphatic heterocycles. The van der Waals surface area contributed by atoms with Crippen LogP contribution >= 0.6 is 0 Å². The fourth-order valence-electron chi connectivity index (χ4n) is 3.22. The number of ether oxygens (including phenoxy) is 1. The Kier molecular flexibility index (Phi) is 4.42. The van der Waals surface area contributed by atoms with E-state index >= 15 is 0 Å². The topological polar surface area (TPSA) is 32.7 Å². The van der Waals surface area contributed by atoms with Gasteiger partial charge < -0.3 is 14.7 Å². The average Bonchev–Trinajstić information content (AvgIpc) is 2.51. The molecule has 0 aromatic heterocycles. The van der Waals surface area contributed by atoms with Crippen LogP contribution in [0.1, 0.15) is 18.4 Å². The standard InChI is InChI=1S/C18H23NO2/c1-19(11-14-5-4-10-21-13-14)12-17-16-7-3-2-6-15(16)8-9-18(17)20/h2-3,6-9,14,20H,4-5,10-13H2,1H3.